The summed E-state index contributed by atoms with van der Waals surface area (Å²) >= 11 is 0. The molecule has 20 heavy (non-hydrogen) atoms. The zero-order valence-electron chi connectivity index (χ0n) is 10.9. The molecule has 0 saturated carbocycles. The van der Waals surface area contributed by atoms with E-state index in [1.807, 2.05) is 29.2 Å². The van der Waals surface area contributed by atoms with E-state index >= 15 is 0 Å². The van der Waals surface area contributed by atoms with E-state index in [1.54, 1.807) is 6.07 Å². The summed E-state index contributed by atoms with van der Waals surface area (Å²) in [5, 5.41) is 10.3. The summed E-state index contributed by atoms with van der Waals surface area (Å²) in [6, 6.07) is 9.31. The first-order chi connectivity index (χ1) is 9.67. The first-order valence-electron chi connectivity index (χ1n) is 6.63. The number of aromatic nitrogens is 1. The van der Waals surface area contributed by atoms with Gasteiger partial charge in [-0.05, 0) is 12.1 Å². The van der Waals surface area contributed by atoms with E-state index in [4.69, 9.17) is 4.74 Å². The number of ether oxygens (including phenoxy) is 1. The monoisotopic (exact) mass is 270 g/mol. The molecule has 102 valence electrons. The standard InChI is InChI=1S/C15H14N2O3/c18-14(19)11-5-10-3-1-2-4-12(10)16-13(11)17-6-15(7-17)8-20-9-15/h1-5H,6-9H2,(H,18,19). The van der Waals surface area contributed by atoms with Crippen molar-refractivity contribution < 1.29 is 14.6 Å². The van der Waals surface area contributed by atoms with E-state index in [1.165, 1.54) is 0 Å². The predicted octanol–water partition coefficient (Wildman–Crippen LogP) is 1.77. The van der Waals surface area contributed by atoms with Gasteiger partial charge >= 0.3 is 5.97 Å². The number of fused-ring (bicyclic) bond motifs is 1. The Kier molecular flexibility index (Phi) is 2.29. The van der Waals surface area contributed by atoms with Gasteiger partial charge in [0.05, 0.1) is 24.1 Å². The van der Waals surface area contributed by atoms with Crippen LogP contribution in [0.25, 0.3) is 10.9 Å². The molecule has 1 spiro atoms. The lowest BCUT2D eigenvalue weighted by atomic mass is 9.78. The maximum absolute atomic E-state index is 11.5. The van der Waals surface area contributed by atoms with E-state index in [0.717, 1.165) is 37.2 Å². The van der Waals surface area contributed by atoms with Crippen molar-refractivity contribution in [2.24, 2.45) is 5.41 Å². The number of carboxylic acid groups (broad SMARTS) is 1. The number of para-hydroxylation sites is 1. The molecule has 2 fully saturated rings. The number of benzene rings is 1. The van der Waals surface area contributed by atoms with E-state index < -0.39 is 5.97 Å². The fourth-order valence-electron chi connectivity index (χ4n) is 2.99. The van der Waals surface area contributed by atoms with Gasteiger partial charge in [-0.15, -0.1) is 0 Å². The first-order valence-corrected chi connectivity index (χ1v) is 6.63. The van der Waals surface area contributed by atoms with Crippen LogP contribution in [0.2, 0.25) is 0 Å². The summed E-state index contributed by atoms with van der Waals surface area (Å²) in [7, 11) is 0. The van der Waals surface area contributed by atoms with Crippen molar-refractivity contribution in [3.05, 3.63) is 35.9 Å². The largest absolute Gasteiger partial charge is 0.478 e. The van der Waals surface area contributed by atoms with Gasteiger partial charge in [0.1, 0.15) is 11.4 Å². The molecule has 2 aliphatic heterocycles. The summed E-state index contributed by atoms with van der Waals surface area (Å²) in [5.41, 5.74) is 1.35. The molecule has 1 aromatic heterocycles. The number of pyridine rings is 1. The van der Waals surface area contributed by atoms with Crippen LogP contribution in [0.1, 0.15) is 10.4 Å². The third kappa shape index (κ3) is 1.59. The Labute approximate surface area is 115 Å². The molecule has 3 heterocycles. The van der Waals surface area contributed by atoms with Crippen molar-refractivity contribution in [2.75, 3.05) is 31.2 Å². The van der Waals surface area contributed by atoms with Gasteiger partial charge in [-0.3, -0.25) is 0 Å². The van der Waals surface area contributed by atoms with Gasteiger partial charge in [0.2, 0.25) is 0 Å². The molecule has 5 nitrogen and oxygen atoms in total. The molecule has 2 aromatic rings. The van der Waals surface area contributed by atoms with E-state index in [2.05, 4.69) is 4.98 Å². The lowest BCUT2D eigenvalue weighted by molar-refractivity contribution is -0.127. The fraction of sp³-hybridized carbons (Fsp3) is 0.333. The minimum absolute atomic E-state index is 0.239. The molecule has 0 radical (unpaired) electrons. The van der Waals surface area contributed by atoms with Crippen LogP contribution in [0.4, 0.5) is 5.82 Å². The molecule has 1 aromatic carbocycles. The maximum Gasteiger partial charge on any atom is 0.339 e. The Bertz CT molecular complexity index is 701. The molecule has 4 rings (SSSR count). The van der Waals surface area contributed by atoms with Crippen molar-refractivity contribution in [2.45, 2.75) is 0 Å². The highest BCUT2D eigenvalue weighted by molar-refractivity contribution is 5.98. The molecular formula is C15H14N2O3. The van der Waals surface area contributed by atoms with E-state index in [-0.39, 0.29) is 11.0 Å². The van der Waals surface area contributed by atoms with Crippen molar-refractivity contribution >= 4 is 22.7 Å². The molecule has 2 saturated heterocycles. The van der Waals surface area contributed by atoms with Crippen LogP contribution in [0.15, 0.2) is 30.3 Å². The van der Waals surface area contributed by atoms with Crippen LogP contribution in [0.5, 0.6) is 0 Å². The van der Waals surface area contributed by atoms with Gasteiger partial charge in [-0.1, -0.05) is 18.2 Å². The Morgan fingerprint density at radius 1 is 1.30 bits per heavy atom. The summed E-state index contributed by atoms with van der Waals surface area (Å²) in [6.45, 7) is 3.22. The topological polar surface area (TPSA) is 62.7 Å². The van der Waals surface area contributed by atoms with Crippen LogP contribution in [-0.2, 0) is 4.74 Å². The fourth-order valence-corrected chi connectivity index (χ4v) is 2.99. The molecule has 0 bridgehead atoms. The van der Waals surface area contributed by atoms with Crippen LogP contribution >= 0.6 is 0 Å². The Morgan fingerprint density at radius 2 is 2.05 bits per heavy atom. The molecule has 0 aliphatic carbocycles. The third-order valence-electron chi connectivity index (χ3n) is 4.10. The minimum Gasteiger partial charge on any atom is -0.478 e. The van der Waals surface area contributed by atoms with E-state index in [0.29, 0.717) is 5.82 Å². The second-order valence-corrected chi connectivity index (χ2v) is 5.71. The lowest BCUT2D eigenvalue weighted by Crippen LogP contribution is -2.66. The van der Waals surface area contributed by atoms with Crippen LogP contribution in [0.3, 0.4) is 0 Å². The number of anilines is 1. The van der Waals surface area contributed by atoms with Crippen LogP contribution in [0, 0.1) is 5.41 Å². The SMILES string of the molecule is O=C(O)c1cc2ccccc2nc1N1CC2(COC2)C1. The lowest BCUT2D eigenvalue weighted by Gasteiger charge is -2.55. The first kappa shape index (κ1) is 11.7. The van der Waals surface area contributed by atoms with Crippen molar-refractivity contribution in [3.8, 4) is 0 Å². The second kappa shape index (κ2) is 3.93. The number of rotatable bonds is 2. The Hall–Kier alpha value is -2.14. The van der Waals surface area contributed by atoms with Crippen LogP contribution in [-0.4, -0.2) is 42.4 Å². The molecule has 0 unspecified atom stereocenters. The number of aromatic carboxylic acids is 1. The predicted molar refractivity (Wildman–Crippen MR) is 74.2 cm³/mol. The molecule has 1 N–H and O–H groups in total. The van der Waals surface area contributed by atoms with Crippen molar-refractivity contribution in [1.82, 2.24) is 4.98 Å². The Balaban J connectivity index is 1.77. The smallest absolute Gasteiger partial charge is 0.339 e. The highest BCUT2D eigenvalue weighted by atomic mass is 16.5. The second-order valence-electron chi connectivity index (χ2n) is 5.71. The van der Waals surface area contributed by atoms with Gasteiger partial charge < -0.3 is 14.7 Å². The molecule has 5 heteroatoms. The maximum atomic E-state index is 11.5. The average Bonchev–Trinajstić information content (AvgIpc) is 2.34. The third-order valence-corrected chi connectivity index (χ3v) is 4.10. The molecule has 2 aliphatic rings. The number of hydrogen-bond donors (Lipinski definition) is 1. The number of carboxylic acids is 1. The molecular weight excluding hydrogens is 256 g/mol. The van der Waals surface area contributed by atoms with Crippen molar-refractivity contribution in [1.29, 1.82) is 0 Å². The molecule has 0 atom stereocenters. The van der Waals surface area contributed by atoms with Crippen LogP contribution < -0.4 is 4.90 Å². The zero-order chi connectivity index (χ0) is 13.7. The van der Waals surface area contributed by atoms with Gasteiger partial charge in [-0.2, -0.15) is 0 Å². The number of nitrogens with zero attached hydrogens (tertiary/aromatic N) is 2. The average molecular weight is 270 g/mol. The van der Waals surface area contributed by atoms with Gasteiger partial charge in [0.15, 0.2) is 0 Å². The normalized spacial score (nSPS) is 19.7. The van der Waals surface area contributed by atoms with Gasteiger partial charge in [0.25, 0.3) is 0 Å². The highest BCUT2D eigenvalue weighted by Gasteiger charge is 2.50. The highest BCUT2D eigenvalue weighted by Crippen LogP contribution is 2.41. The summed E-state index contributed by atoms with van der Waals surface area (Å²) in [5.74, 6) is -0.349. The van der Waals surface area contributed by atoms with Gasteiger partial charge in [-0.25, -0.2) is 9.78 Å². The number of hydrogen-bond acceptors (Lipinski definition) is 4. The van der Waals surface area contributed by atoms with E-state index in [9.17, 15) is 9.90 Å². The van der Waals surface area contributed by atoms with Crippen molar-refractivity contribution in [3.63, 3.8) is 0 Å². The minimum atomic E-state index is -0.927. The molecule has 0 amide bonds. The summed E-state index contributed by atoms with van der Waals surface area (Å²) in [4.78, 5) is 18.1. The zero-order valence-corrected chi connectivity index (χ0v) is 10.9. The summed E-state index contributed by atoms with van der Waals surface area (Å²) in [6.07, 6.45) is 0. The quantitative estimate of drug-likeness (QED) is 0.901. The number of carbonyl (C=O) groups is 1. The Morgan fingerprint density at radius 3 is 2.70 bits per heavy atom. The summed E-state index contributed by atoms with van der Waals surface area (Å²) < 4.78 is 5.25. The van der Waals surface area contributed by atoms with Gasteiger partial charge in [0, 0.05) is 18.5 Å².